The van der Waals surface area contributed by atoms with Gasteiger partial charge in [0.05, 0.1) is 17.0 Å². The van der Waals surface area contributed by atoms with Crippen molar-refractivity contribution < 1.29 is 4.74 Å². The van der Waals surface area contributed by atoms with E-state index in [4.69, 9.17) is 22.1 Å². The second-order valence-corrected chi connectivity index (χ2v) is 5.81. The van der Waals surface area contributed by atoms with Crippen LogP contribution in [0.5, 0.6) is 0 Å². The van der Waals surface area contributed by atoms with Crippen molar-refractivity contribution in [2.75, 3.05) is 26.8 Å². The molecule has 0 fully saturated rings. The Kier molecular flexibility index (Phi) is 6.44. The molecule has 1 heterocycles. The van der Waals surface area contributed by atoms with Gasteiger partial charge in [-0.05, 0) is 25.6 Å². The molecule has 0 aliphatic heterocycles. The summed E-state index contributed by atoms with van der Waals surface area (Å²) in [4.78, 5) is 3.55. The van der Waals surface area contributed by atoms with E-state index >= 15 is 0 Å². The van der Waals surface area contributed by atoms with Crippen LogP contribution in [0, 0.1) is 0 Å². The molecular weight excluding hydrogens is 256 g/mol. The van der Waals surface area contributed by atoms with E-state index in [2.05, 4.69) is 17.9 Å². The molecule has 1 rings (SSSR count). The Morgan fingerprint density at radius 3 is 2.65 bits per heavy atom. The van der Waals surface area contributed by atoms with Gasteiger partial charge in [0.15, 0.2) is 0 Å². The van der Waals surface area contributed by atoms with Crippen LogP contribution in [0.3, 0.4) is 0 Å². The van der Waals surface area contributed by atoms with Crippen molar-refractivity contribution in [2.45, 2.75) is 25.9 Å². The Labute approximate surface area is 113 Å². The van der Waals surface area contributed by atoms with Gasteiger partial charge in [0.1, 0.15) is 0 Å². The van der Waals surface area contributed by atoms with Crippen LogP contribution >= 0.6 is 22.9 Å². The molecule has 1 aromatic rings. The lowest BCUT2D eigenvalue weighted by Gasteiger charge is -2.32. The molecule has 0 amide bonds. The molecule has 0 aliphatic rings. The number of ether oxygens (including phenoxy) is 1. The molecule has 0 bridgehead atoms. The number of rotatable bonds is 7. The monoisotopic (exact) mass is 276 g/mol. The molecule has 0 spiro atoms. The van der Waals surface area contributed by atoms with Crippen LogP contribution in [-0.4, -0.2) is 37.7 Å². The molecule has 2 unspecified atom stereocenters. The van der Waals surface area contributed by atoms with Crippen LogP contribution in [-0.2, 0) is 4.74 Å². The normalized spacial score (nSPS) is 15.2. The number of hydrogen-bond acceptors (Lipinski definition) is 4. The number of methoxy groups -OCH3 is 1. The molecule has 0 saturated heterocycles. The predicted molar refractivity (Wildman–Crippen MR) is 74.8 cm³/mol. The van der Waals surface area contributed by atoms with Crippen molar-refractivity contribution in [3.8, 4) is 0 Å². The van der Waals surface area contributed by atoms with Crippen LogP contribution in [0.15, 0.2) is 12.1 Å². The Hall–Kier alpha value is -0.130. The zero-order chi connectivity index (χ0) is 12.8. The first-order chi connectivity index (χ1) is 8.10. The maximum Gasteiger partial charge on any atom is 0.0931 e. The van der Waals surface area contributed by atoms with E-state index in [1.54, 1.807) is 18.4 Å². The first kappa shape index (κ1) is 14.9. The van der Waals surface area contributed by atoms with Gasteiger partial charge in [-0.25, -0.2) is 0 Å². The number of nitrogens with zero attached hydrogens (tertiary/aromatic N) is 1. The summed E-state index contributed by atoms with van der Waals surface area (Å²) >= 11 is 7.60. The summed E-state index contributed by atoms with van der Waals surface area (Å²) < 4.78 is 5.95. The standard InChI is InChI=1S/C12H21ClN2OS/c1-4-15(7-8-16-3)12(9(2)14)10-5-6-11(13)17-10/h5-6,9,12H,4,7-8,14H2,1-3H3. The predicted octanol–water partition coefficient (Wildman–Crippen LogP) is 2.76. The summed E-state index contributed by atoms with van der Waals surface area (Å²) in [5.74, 6) is 0. The van der Waals surface area contributed by atoms with Crippen LogP contribution < -0.4 is 5.73 Å². The molecule has 0 saturated carbocycles. The Balaban J connectivity index is 2.83. The van der Waals surface area contributed by atoms with Gasteiger partial charge in [-0.1, -0.05) is 18.5 Å². The molecule has 0 aliphatic carbocycles. The third-order valence-electron chi connectivity index (χ3n) is 2.77. The lowest BCUT2D eigenvalue weighted by atomic mass is 10.1. The third kappa shape index (κ3) is 4.23. The Morgan fingerprint density at radius 1 is 1.53 bits per heavy atom. The summed E-state index contributed by atoms with van der Waals surface area (Å²) in [5.41, 5.74) is 6.11. The molecule has 17 heavy (non-hydrogen) atoms. The van der Waals surface area contributed by atoms with Gasteiger partial charge in [-0.3, -0.25) is 4.90 Å². The van der Waals surface area contributed by atoms with E-state index in [-0.39, 0.29) is 12.1 Å². The fraction of sp³-hybridized carbons (Fsp3) is 0.667. The fourth-order valence-electron chi connectivity index (χ4n) is 1.96. The molecule has 3 nitrogen and oxygen atoms in total. The van der Waals surface area contributed by atoms with Crippen LogP contribution in [0.25, 0.3) is 0 Å². The average Bonchev–Trinajstić information content (AvgIpc) is 2.69. The van der Waals surface area contributed by atoms with Crippen molar-refractivity contribution in [3.05, 3.63) is 21.3 Å². The Bertz CT molecular complexity index is 330. The zero-order valence-electron chi connectivity index (χ0n) is 10.6. The first-order valence-electron chi connectivity index (χ1n) is 5.84. The maximum atomic E-state index is 6.11. The molecule has 0 aromatic carbocycles. The van der Waals surface area contributed by atoms with Crippen molar-refractivity contribution >= 4 is 22.9 Å². The van der Waals surface area contributed by atoms with Gasteiger partial charge in [0.2, 0.25) is 0 Å². The van der Waals surface area contributed by atoms with E-state index in [9.17, 15) is 0 Å². The Morgan fingerprint density at radius 2 is 2.24 bits per heavy atom. The van der Waals surface area contributed by atoms with Crippen LogP contribution in [0.2, 0.25) is 4.34 Å². The summed E-state index contributed by atoms with van der Waals surface area (Å²) in [6.07, 6.45) is 0. The van der Waals surface area contributed by atoms with Gasteiger partial charge < -0.3 is 10.5 Å². The topological polar surface area (TPSA) is 38.5 Å². The highest BCUT2D eigenvalue weighted by atomic mass is 35.5. The zero-order valence-corrected chi connectivity index (χ0v) is 12.2. The van der Waals surface area contributed by atoms with Crippen molar-refractivity contribution in [3.63, 3.8) is 0 Å². The molecule has 0 radical (unpaired) electrons. The summed E-state index contributed by atoms with van der Waals surface area (Å²) in [7, 11) is 1.72. The largest absolute Gasteiger partial charge is 0.383 e. The van der Waals surface area contributed by atoms with Gasteiger partial charge >= 0.3 is 0 Å². The fourth-order valence-corrected chi connectivity index (χ4v) is 3.27. The molecule has 2 N–H and O–H groups in total. The number of hydrogen-bond donors (Lipinski definition) is 1. The minimum Gasteiger partial charge on any atom is -0.383 e. The van der Waals surface area contributed by atoms with Crippen molar-refractivity contribution in [1.82, 2.24) is 4.90 Å². The highest BCUT2D eigenvalue weighted by molar-refractivity contribution is 7.16. The summed E-state index contributed by atoms with van der Waals surface area (Å²) in [5, 5.41) is 0. The number of thiophene rings is 1. The molecular formula is C12H21ClN2OS. The first-order valence-corrected chi connectivity index (χ1v) is 7.03. The SMILES string of the molecule is CCN(CCOC)C(c1ccc(Cl)s1)C(C)N. The van der Waals surface area contributed by atoms with Gasteiger partial charge in [-0.15, -0.1) is 11.3 Å². The van der Waals surface area contributed by atoms with E-state index in [1.165, 1.54) is 4.88 Å². The van der Waals surface area contributed by atoms with E-state index in [0.29, 0.717) is 0 Å². The molecule has 1 aromatic heterocycles. The second-order valence-electron chi connectivity index (χ2n) is 4.07. The van der Waals surface area contributed by atoms with Gasteiger partial charge in [0, 0.05) is 24.6 Å². The summed E-state index contributed by atoms with van der Waals surface area (Å²) in [6, 6.07) is 4.28. The van der Waals surface area contributed by atoms with Crippen LogP contribution in [0.4, 0.5) is 0 Å². The van der Waals surface area contributed by atoms with Gasteiger partial charge in [-0.2, -0.15) is 0 Å². The van der Waals surface area contributed by atoms with E-state index in [1.807, 2.05) is 13.0 Å². The summed E-state index contributed by atoms with van der Waals surface area (Å²) in [6.45, 7) is 6.73. The number of likely N-dealkylation sites (N-methyl/N-ethyl adjacent to an activating group) is 1. The second kappa shape index (κ2) is 7.34. The van der Waals surface area contributed by atoms with Crippen molar-refractivity contribution in [2.24, 2.45) is 5.73 Å². The highest BCUT2D eigenvalue weighted by Crippen LogP contribution is 2.31. The van der Waals surface area contributed by atoms with Crippen LogP contribution in [0.1, 0.15) is 24.8 Å². The average molecular weight is 277 g/mol. The smallest absolute Gasteiger partial charge is 0.0931 e. The van der Waals surface area contributed by atoms with Gasteiger partial charge in [0.25, 0.3) is 0 Å². The minimum atomic E-state index is 0.0709. The lowest BCUT2D eigenvalue weighted by Crippen LogP contribution is -2.40. The van der Waals surface area contributed by atoms with E-state index < -0.39 is 0 Å². The van der Waals surface area contributed by atoms with Crippen molar-refractivity contribution in [1.29, 1.82) is 0 Å². The maximum absolute atomic E-state index is 6.11. The highest BCUT2D eigenvalue weighted by Gasteiger charge is 2.24. The molecule has 5 heteroatoms. The lowest BCUT2D eigenvalue weighted by molar-refractivity contribution is 0.116. The quantitative estimate of drug-likeness (QED) is 0.832. The minimum absolute atomic E-state index is 0.0709. The molecule has 2 atom stereocenters. The van der Waals surface area contributed by atoms with E-state index in [0.717, 1.165) is 24.0 Å². The molecule has 98 valence electrons. The number of halogens is 1. The third-order valence-corrected chi connectivity index (χ3v) is 4.07. The number of nitrogens with two attached hydrogens (primary N) is 1.